The summed E-state index contributed by atoms with van der Waals surface area (Å²) in [6.45, 7) is 13.7. The van der Waals surface area contributed by atoms with Gasteiger partial charge in [-0.1, -0.05) is 71.6 Å². The molecule has 1 heterocycles. The second kappa shape index (κ2) is 44.8. The lowest BCUT2D eigenvalue weighted by atomic mass is 10.2. The second-order valence-corrected chi connectivity index (χ2v) is 14.4. The summed E-state index contributed by atoms with van der Waals surface area (Å²) in [5.74, 6) is -1.37. The first-order chi connectivity index (χ1) is 30.5. The predicted molar refractivity (Wildman–Crippen MR) is 232 cm³/mol. The first-order valence-electron chi connectivity index (χ1n) is 23.0. The van der Waals surface area contributed by atoms with Crippen LogP contribution >= 0.6 is 0 Å². The third-order valence-corrected chi connectivity index (χ3v) is 8.96. The summed E-state index contributed by atoms with van der Waals surface area (Å²) < 4.78 is 62.2. The van der Waals surface area contributed by atoms with Gasteiger partial charge in [-0.2, -0.15) is 0 Å². The molecule has 1 aromatic heterocycles. The van der Waals surface area contributed by atoms with Gasteiger partial charge in [-0.05, 0) is 25.7 Å². The van der Waals surface area contributed by atoms with Crippen LogP contribution in [-0.4, -0.2) is 172 Å². The van der Waals surface area contributed by atoms with E-state index in [1.54, 1.807) is 0 Å². The first kappa shape index (κ1) is 57.2. The van der Waals surface area contributed by atoms with Gasteiger partial charge in [0.05, 0.1) is 119 Å². The number of nitrogens with one attached hydrogen (secondary N) is 1. The molecule has 0 aliphatic rings. The van der Waals surface area contributed by atoms with Crippen molar-refractivity contribution >= 4 is 12.1 Å². The number of hydrogen-bond donors (Lipinski definition) is 3. The van der Waals surface area contributed by atoms with E-state index in [4.69, 9.17) is 56.9 Å². The van der Waals surface area contributed by atoms with Gasteiger partial charge in [0.25, 0.3) is 0 Å². The molecule has 0 spiro atoms. The Hall–Kier alpha value is -2.78. The highest BCUT2D eigenvalue weighted by molar-refractivity contribution is 5.70. The maximum atomic E-state index is 12.6. The maximum absolute atomic E-state index is 12.6. The quantitative estimate of drug-likeness (QED) is 0.0680. The molecule has 3 N–H and O–H groups in total. The Bertz CT molecular complexity index is 1070. The Morgan fingerprint density at radius 3 is 1.24 bits per heavy atom. The topological polar surface area (TPSA) is 202 Å². The second-order valence-electron chi connectivity index (χ2n) is 14.4. The molecule has 1 rings (SSSR count). The van der Waals surface area contributed by atoms with E-state index in [-0.39, 0.29) is 44.6 Å². The summed E-state index contributed by atoms with van der Waals surface area (Å²) >= 11 is 0. The van der Waals surface area contributed by atoms with Crippen LogP contribution in [0.4, 0.5) is 4.79 Å². The number of aromatic hydroxyl groups is 2. The van der Waals surface area contributed by atoms with E-state index >= 15 is 0 Å². The molecule has 0 saturated heterocycles. The summed E-state index contributed by atoms with van der Waals surface area (Å²) in [5.41, 5.74) is 0. The zero-order chi connectivity index (χ0) is 44.8. The zero-order valence-electron chi connectivity index (χ0n) is 38.0. The third-order valence-electron chi connectivity index (χ3n) is 8.96. The molecule has 0 aliphatic heterocycles. The fourth-order valence-electron chi connectivity index (χ4n) is 5.52. The molecular formula is C44H82N2O16. The summed E-state index contributed by atoms with van der Waals surface area (Å²) in [6.07, 6.45) is 12.7. The fourth-order valence-corrected chi connectivity index (χ4v) is 5.52. The van der Waals surface area contributed by atoms with Crippen LogP contribution < -0.4 is 10.2 Å². The number of alkyl carbamates (subject to hydrolysis) is 1. The predicted octanol–water partition coefficient (Wildman–Crippen LogP) is 5.62. The molecule has 0 aliphatic carbocycles. The van der Waals surface area contributed by atoms with Gasteiger partial charge in [0, 0.05) is 38.3 Å². The van der Waals surface area contributed by atoms with Gasteiger partial charge in [-0.15, -0.1) is 4.73 Å². The lowest BCUT2D eigenvalue weighted by molar-refractivity contribution is -0.145. The molecule has 0 radical (unpaired) electrons. The molecular weight excluding hydrogens is 812 g/mol. The number of nitrogens with zero attached hydrogens (tertiary/aromatic N) is 1. The van der Waals surface area contributed by atoms with Crippen molar-refractivity contribution in [2.24, 2.45) is 0 Å². The zero-order valence-corrected chi connectivity index (χ0v) is 38.0. The van der Waals surface area contributed by atoms with Gasteiger partial charge in [-0.3, -0.25) is 0 Å². The van der Waals surface area contributed by atoms with Crippen molar-refractivity contribution in [3.63, 3.8) is 0 Å². The molecule has 1 aromatic rings. The summed E-state index contributed by atoms with van der Waals surface area (Å²) in [4.78, 5) is 29.5. The highest BCUT2D eigenvalue weighted by Crippen LogP contribution is 2.19. The number of unbranched alkanes of at least 4 members (excludes halogenated alkanes) is 10. The highest BCUT2D eigenvalue weighted by atomic mass is 16.7. The SMILES string of the molecule is CCCCCCCOCCOCCOCCOCCOCC(COCCOCCOCCOCCOCCCCCCC)OC(=O)NCCCCCC(=O)On1c(O)ccc1O. The number of rotatable bonds is 48. The number of aromatic nitrogens is 1. The van der Waals surface area contributed by atoms with Crippen LogP contribution in [0.2, 0.25) is 0 Å². The van der Waals surface area contributed by atoms with Crippen LogP contribution in [0.1, 0.15) is 104 Å². The van der Waals surface area contributed by atoms with E-state index in [2.05, 4.69) is 19.2 Å². The van der Waals surface area contributed by atoms with Crippen molar-refractivity contribution in [1.29, 1.82) is 0 Å². The number of carbonyl (C=O) groups excluding carboxylic acids is 2. The van der Waals surface area contributed by atoms with Gasteiger partial charge in [-0.25, -0.2) is 9.59 Å². The van der Waals surface area contributed by atoms with Crippen LogP contribution in [0.15, 0.2) is 12.1 Å². The van der Waals surface area contributed by atoms with Gasteiger partial charge in [0.15, 0.2) is 6.10 Å². The molecule has 0 aromatic carbocycles. The number of amides is 1. The minimum Gasteiger partial charge on any atom is -0.492 e. The Balaban J connectivity index is 2.17. The van der Waals surface area contributed by atoms with E-state index in [1.807, 2.05) is 0 Å². The van der Waals surface area contributed by atoms with Crippen LogP contribution in [0.25, 0.3) is 0 Å². The summed E-state index contributed by atoms with van der Waals surface area (Å²) in [6, 6.07) is 2.41. The standard InChI is InChI=1S/C44H82N2O16/c1-3-5-7-9-14-20-51-22-24-53-26-28-55-30-32-57-34-36-59-38-40(61-44(50)45-19-13-11-12-16-43(49)62-46-41(47)17-18-42(46)48)39-60-37-35-58-33-31-56-29-27-54-25-23-52-21-15-10-8-6-4-2/h17-18,40,47-48H,3-16,19-39H2,1-2H3,(H,45,50). The number of hydrogen-bond acceptors (Lipinski definition) is 16. The molecule has 0 bridgehead atoms. The molecule has 0 unspecified atom stereocenters. The Morgan fingerprint density at radius 1 is 0.484 bits per heavy atom. The molecule has 0 saturated carbocycles. The van der Waals surface area contributed by atoms with Gasteiger partial charge in [0.2, 0.25) is 11.8 Å². The summed E-state index contributed by atoms with van der Waals surface area (Å²) in [5, 5.41) is 21.9. The van der Waals surface area contributed by atoms with Crippen LogP contribution in [0.5, 0.6) is 11.8 Å². The molecule has 62 heavy (non-hydrogen) atoms. The normalized spacial score (nSPS) is 11.5. The third kappa shape index (κ3) is 37.7. The van der Waals surface area contributed by atoms with E-state index in [0.29, 0.717) is 123 Å². The molecule has 1 amide bonds. The molecule has 364 valence electrons. The fraction of sp³-hybridized carbons (Fsp3) is 0.864. The van der Waals surface area contributed by atoms with Crippen molar-refractivity contribution in [3.05, 3.63) is 12.1 Å². The Morgan fingerprint density at radius 2 is 0.839 bits per heavy atom. The lowest BCUT2D eigenvalue weighted by Crippen LogP contribution is -2.35. The van der Waals surface area contributed by atoms with Gasteiger partial charge in [0.1, 0.15) is 0 Å². The van der Waals surface area contributed by atoms with Crippen molar-refractivity contribution in [3.8, 4) is 11.8 Å². The van der Waals surface area contributed by atoms with Gasteiger partial charge >= 0.3 is 12.1 Å². The average molecular weight is 895 g/mol. The van der Waals surface area contributed by atoms with Crippen molar-refractivity contribution < 1.29 is 76.7 Å². The Kier molecular flexibility index (Phi) is 41.4. The largest absolute Gasteiger partial charge is 0.492 e. The number of ether oxygens (including phenoxy) is 11. The van der Waals surface area contributed by atoms with E-state index < -0.39 is 18.2 Å². The monoisotopic (exact) mass is 895 g/mol. The van der Waals surface area contributed by atoms with Crippen molar-refractivity contribution in [2.45, 2.75) is 110 Å². The van der Waals surface area contributed by atoms with Crippen molar-refractivity contribution in [1.82, 2.24) is 10.0 Å². The van der Waals surface area contributed by atoms with Crippen LogP contribution in [-0.2, 0) is 56.9 Å². The molecule has 0 fully saturated rings. The Labute approximate surface area is 370 Å². The summed E-state index contributed by atoms with van der Waals surface area (Å²) in [7, 11) is 0. The minimum atomic E-state index is -0.676. The van der Waals surface area contributed by atoms with E-state index in [0.717, 1.165) is 26.1 Å². The highest BCUT2D eigenvalue weighted by Gasteiger charge is 2.16. The maximum Gasteiger partial charge on any atom is 0.407 e. The van der Waals surface area contributed by atoms with E-state index in [1.165, 1.54) is 63.5 Å². The molecule has 0 atom stereocenters. The van der Waals surface area contributed by atoms with E-state index in [9.17, 15) is 19.8 Å². The lowest BCUT2D eigenvalue weighted by Gasteiger charge is -2.19. The molecule has 18 heteroatoms. The van der Waals surface area contributed by atoms with Gasteiger partial charge < -0.3 is 72.5 Å². The van der Waals surface area contributed by atoms with Crippen LogP contribution in [0.3, 0.4) is 0 Å². The number of carbonyl (C=O) groups is 2. The average Bonchev–Trinajstić information content (AvgIpc) is 3.58. The van der Waals surface area contributed by atoms with Crippen LogP contribution in [0, 0.1) is 0 Å². The minimum absolute atomic E-state index is 0.0704. The van der Waals surface area contributed by atoms with Crippen molar-refractivity contribution in [2.75, 3.05) is 139 Å². The molecule has 18 nitrogen and oxygen atoms in total. The smallest absolute Gasteiger partial charge is 0.407 e. The first-order valence-corrected chi connectivity index (χ1v) is 23.0.